The second-order valence-electron chi connectivity index (χ2n) is 10.3. The quantitative estimate of drug-likeness (QED) is 0.443. The number of hydrogen-bond acceptors (Lipinski definition) is 7. The molecule has 2 aromatic heterocycles. The molecule has 0 radical (unpaired) electrons. The molecule has 0 spiro atoms. The van der Waals surface area contributed by atoms with E-state index < -0.39 is 0 Å². The van der Waals surface area contributed by atoms with Crippen molar-refractivity contribution in [2.24, 2.45) is 11.8 Å². The predicted octanol–water partition coefficient (Wildman–Crippen LogP) is 2.25. The summed E-state index contributed by atoms with van der Waals surface area (Å²) in [5.74, 6) is 1.31. The van der Waals surface area contributed by atoms with Gasteiger partial charge in [0.15, 0.2) is 0 Å². The van der Waals surface area contributed by atoms with E-state index in [2.05, 4.69) is 31.5 Å². The summed E-state index contributed by atoms with van der Waals surface area (Å²) in [5, 5.41) is 21.6. The zero-order valence-electron chi connectivity index (χ0n) is 19.6. The standard InChI is InChI=1S/C24H31N7O3S/c32-19-9-15(7-8-25-19)28-24-30-27-12-31(24)16-5-6-18-17(10-16)20(22(34)26-11-13-1-2-13)23(35-18)29-21(33)14-3-4-14/h12-16H,1-11H2,(H,25,32)(H,26,34)(H,28,30)(H,29,33). The van der Waals surface area contributed by atoms with Gasteiger partial charge in [0, 0.05) is 42.4 Å². The van der Waals surface area contributed by atoms with Crippen LogP contribution < -0.4 is 21.3 Å². The molecule has 1 aliphatic heterocycles. The van der Waals surface area contributed by atoms with Crippen molar-refractivity contribution in [3.63, 3.8) is 0 Å². The first-order valence-electron chi connectivity index (χ1n) is 12.7. The van der Waals surface area contributed by atoms with Crippen LogP contribution in [0, 0.1) is 11.8 Å². The van der Waals surface area contributed by atoms with Crippen molar-refractivity contribution in [3.05, 3.63) is 22.3 Å². The van der Waals surface area contributed by atoms with Crippen molar-refractivity contribution in [1.29, 1.82) is 0 Å². The minimum atomic E-state index is -0.0866. The van der Waals surface area contributed by atoms with Crippen molar-refractivity contribution >= 4 is 40.0 Å². The smallest absolute Gasteiger partial charge is 0.254 e. The van der Waals surface area contributed by atoms with Crippen molar-refractivity contribution in [1.82, 2.24) is 25.4 Å². The first-order valence-corrected chi connectivity index (χ1v) is 13.5. The van der Waals surface area contributed by atoms with E-state index in [0.29, 0.717) is 48.4 Å². The molecule has 11 heteroatoms. The molecule has 4 N–H and O–H groups in total. The van der Waals surface area contributed by atoms with Crippen LogP contribution in [0.1, 0.15) is 71.8 Å². The third-order valence-electron chi connectivity index (χ3n) is 7.44. The van der Waals surface area contributed by atoms with Crippen LogP contribution in [0.2, 0.25) is 0 Å². The second kappa shape index (κ2) is 9.25. The summed E-state index contributed by atoms with van der Waals surface area (Å²) in [5.41, 5.74) is 1.67. The maximum absolute atomic E-state index is 13.3. The summed E-state index contributed by atoms with van der Waals surface area (Å²) in [6, 6.07) is 0.119. The zero-order valence-corrected chi connectivity index (χ0v) is 20.5. The summed E-state index contributed by atoms with van der Waals surface area (Å²) < 4.78 is 2.04. The highest BCUT2D eigenvalue weighted by atomic mass is 32.1. The minimum Gasteiger partial charge on any atom is -0.356 e. The highest BCUT2D eigenvalue weighted by molar-refractivity contribution is 7.17. The number of amides is 3. The van der Waals surface area contributed by atoms with E-state index in [4.69, 9.17) is 0 Å². The third-order valence-corrected chi connectivity index (χ3v) is 8.65. The molecule has 3 amide bonds. The summed E-state index contributed by atoms with van der Waals surface area (Å²) >= 11 is 1.55. The molecule has 2 atom stereocenters. The van der Waals surface area contributed by atoms with Gasteiger partial charge in [-0.05, 0) is 62.8 Å². The molecule has 0 aromatic carbocycles. The molecule has 1 saturated heterocycles. The number of piperidine rings is 1. The highest BCUT2D eigenvalue weighted by Gasteiger charge is 2.35. The maximum Gasteiger partial charge on any atom is 0.254 e. The van der Waals surface area contributed by atoms with Crippen LogP contribution in [0.15, 0.2) is 6.33 Å². The number of aromatic nitrogens is 3. The average molecular weight is 498 g/mol. The maximum atomic E-state index is 13.3. The van der Waals surface area contributed by atoms with Crippen molar-refractivity contribution in [2.45, 2.75) is 69.9 Å². The number of nitrogens with zero attached hydrogens (tertiary/aromatic N) is 3. The van der Waals surface area contributed by atoms with Crippen LogP contribution in [-0.4, -0.2) is 51.6 Å². The largest absolute Gasteiger partial charge is 0.356 e. The summed E-state index contributed by atoms with van der Waals surface area (Å²) in [6.45, 7) is 1.35. The Morgan fingerprint density at radius 1 is 1.14 bits per heavy atom. The van der Waals surface area contributed by atoms with Gasteiger partial charge in [-0.3, -0.25) is 19.0 Å². The third kappa shape index (κ3) is 4.91. The van der Waals surface area contributed by atoms with Crippen LogP contribution in [0.3, 0.4) is 0 Å². The van der Waals surface area contributed by atoms with Gasteiger partial charge in [0.05, 0.1) is 5.56 Å². The van der Waals surface area contributed by atoms with Crippen molar-refractivity contribution < 1.29 is 14.4 Å². The Morgan fingerprint density at radius 2 is 2.00 bits per heavy atom. The lowest BCUT2D eigenvalue weighted by Crippen LogP contribution is -2.40. The Balaban J connectivity index is 1.24. The number of rotatable bonds is 8. The molecule has 4 aliphatic rings. The van der Waals surface area contributed by atoms with Gasteiger partial charge in [0.25, 0.3) is 5.91 Å². The van der Waals surface area contributed by atoms with Crippen LogP contribution in [-0.2, 0) is 22.4 Å². The van der Waals surface area contributed by atoms with Gasteiger partial charge in [0.2, 0.25) is 17.8 Å². The summed E-state index contributed by atoms with van der Waals surface area (Å²) in [7, 11) is 0. The average Bonchev–Trinajstić information content (AvgIpc) is 3.77. The second-order valence-corrected chi connectivity index (χ2v) is 11.4. The molecular weight excluding hydrogens is 466 g/mol. The Labute approximate surface area is 207 Å². The lowest BCUT2D eigenvalue weighted by molar-refractivity contribution is -0.122. The molecule has 6 rings (SSSR count). The van der Waals surface area contributed by atoms with Gasteiger partial charge >= 0.3 is 0 Å². The van der Waals surface area contributed by atoms with Gasteiger partial charge in [-0.25, -0.2) is 0 Å². The monoisotopic (exact) mass is 497 g/mol. The van der Waals surface area contributed by atoms with E-state index in [0.717, 1.165) is 37.7 Å². The van der Waals surface area contributed by atoms with E-state index in [1.54, 1.807) is 17.7 Å². The lowest BCUT2D eigenvalue weighted by Gasteiger charge is -2.28. The number of carbonyl (C=O) groups excluding carboxylic acids is 3. The van der Waals surface area contributed by atoms with Crippen LogP contribution in [0.4, 0.5) is 10.9 Å². The van der Waals surface area contributed by atoms with Crippen LogP contribution in [0.5, 0.6) is 0 Å². The number of thiophene rings is 1. The summed E-state index contributed by atoms with van der Waals surface area (Å²) in [6.07, 6.45) is 9.58. The van der Waals surface area contributed by atoms with E-state index in [1.165, 1.54) is 17.7 Å². The Bertz CT molecular complexity index is 1150. The van der Waals surface area contributed by atoms with Crippen LogP contribution >= 0.6 is 11.3 Å². The van der Waals surface area contributed by atoms with E-state index in [-0.39, 0.29) is 35.7 Å². The van der Waals surface area contributed by atoms with Gasteiger partial charge in [0.1, 0.15) is 11.3 Å². The minimum absolute atomic E-state index is 0.0261. The molecule has 2 aromatic rings. The molecule has 186 valence electrons. The number of anilines is 2. The number of hydrogen-bond donors (Lipinski definition) is 4. The van der Waals surface area contributed by atoms with Gasteiger partial charge in [-0.2, -0.15) is 0 Å². The van der Waals surface area contributed by atoms with Gasteiger partial charge in [-0.15, -0.1) is 21.5 Å². The van der Waals surface area contributed by atoms with E-state index in [1.807, 2.05) is 4.57 Å². The molecule has 35 heavy (non-hydrogen) atoms. The predicted molar refractivity (Wildman–Crippen MR) is 131 cm³/mol. The van der Waals surface area contributed by atoms with Crippen molar-refractivity contribution in [3.8, 4) is 0 Å². The SMILES string of the molecule is O=C1CC(Nc2nncn2C2CCc3sc(NC(=O)C4CC4)c(C(=O)NCC4CC4)c3C2)CCN1. The van der Waals surface area contributed by atoms with Gasteiger partial charge in [-0.1, -0.05) is 0 Å². The van der Waals surface area contributed by atoms with E-state index >= 15 is 0 Å². The Kier molecular flexibility index (Phi) is 5.95. The number of nitrogens with one attached hydrogen (secondary N) is 4. The highest BCUT2D eigenvalue weighted by Crippen LogP contribution is 2.42. The number of aryl methyl sites for hydroxylation is 1. The van der Waals surface area contributed by atoms with Gasteiger partial charge < -0.3 is 21.3 Å². The Morgan fingerprint density at radius 3 is 2.77 bits per heavy atom. The normalized spacial score (nSPS) is 23.8. The Hall–Kier alpha value is -2.95. The zero-order chi connectivity index (χ0) is 23.9. The fraction of sp³-hybridized carbons (Fsp3) is 0.625. The molecule has 2 saturated carbocycles. The lowest BCUT2D eigenvalue weighted by atomic mass is 9.91. The van der Waals surface area contributed by atoms with E-state index in [9.17, 15) is 14.4 Å². The first-order chi connectivity index (χ1) is 17.0. The number of carbonyl (C=O) groups is 3. The molecule has 3 heterocycles. The number of fused-ring (bicyclic) bond motifs is 1. The molecular formula is C24H31N7O3S. The fourth-order valence-corrected chi connectivity index (χ4v) is 6.29. The topological polar surface area (TPSA) is 130 Å². The van der Waals surface area contributed by atoms with Crippen molar-refractivity contribution in [2.75, 3.05) is 23.7 Å². The molecule has 10 nitrogen and oxygen atoms in total. The fourth-order valence-electron chi connectivity index (χ4n) is 5.04. The molecule has 2 unspecified atom stereocenters. The first kappa shape index (κ1) is 22.5. The molecule has 0 bridgehead atoms. The molecule has 3 aliphatic carbocycles. The summed E-state index contributed by atoms with van der Waals surface area (Å²) in [4.78, 5) is 38.8. The van der Waals surface area contributed by atoms with Crippen LogP contribution in [0.25, 0.3) is 0 Å². The molecule has 3 fully saturated rings.